The van der Waals surface area contributed by atoms with Crippen LogP contribution in [0, 0.1) is 0 Å². The minimum atomic E-state index is -3.45. The number of hydrogen-bond acceptors (Lipinski definition) is 3. The first-order valence-electron chi connectivity index (χ1n) is 6.10. The summed E-state index contributed by atoms with van der Waals surface area (Å²) >= 11 is 5.68. The second-order valence-electron chi connectivity index (χ2n) is 4.52. The average Bonchev–Trinajstić information content (AvgIpc) is 2.38. The zero-order valence-corrected chi connectivity index (χ0v) is 13.0. The van der Waals surface area contributed by atoms with Crippen molar-refractivity contribution >= 4 is 21.6 Å². The molecule has 0 aliphatic heterocycles. The smallest absolute Gasteiger partial charge is 0.242 e. The van der Waals surface area contributed by atoms with Gasteiger partial charge in [-0.25, -0.2) is 8.42 Å². The molecule has 6 heteroatoms. The predicted molar refractivity (Wildman–Crippen MR) is 76.9 cm³/mol. The Kier molecular flexibility index (Phi) is 6.26. The number of alkyl halides is 1. The molecule has 0 saturated carbocycles. The minimum absolute atomic E-state index is 0.0964. The molecule has 108 valence electrons. The minimum Gasteiger partial charge on any atom is -0.377 e. The molecule has 0 aliphatic rings. The lowest BCUT2D eigenvalue weighted by atomic mass is 10.2. The Morgan fingerprint density at radius 1 is 1.26 bits per heavy atom. The van der Waals surface area contributed by atoms with E-state index in [0.29, 0.717) is 19.0 Å². The van der Waals surface area contributed by atoms with Crippen molar-refractivity contribution in [3.8, 4) is 0 Å². The Bertz CT molecular complexity index is 485. The van der Waals surface area contributed by atoms with E-state index in [-0.39, 0.29) is 11.0 Å². The van der Waals surface area contributed by atoms with Crippen molar-refractivity contribution in [1.82, 2.24) is 4.31 Å². The van der Waals surface area contributed by atoms with Crippen LogP contribution in [-0.4, -0.2) is 39.0 Å². The van der Waals surface area contributed by atoms with E-state index in [1.165, 1.54) is 4.31 Å². The number of ether oxygens (including phenoxy) is 1. The molecule has 19 heavy (non-hydrogen) atoms. The maximum absolute atomic E-state index is 12.2. The first kappa shape index (κ1) is 16.4. The van der Waals surface area contributed by atoms with Gasteiger partial charge in [0.15, 0.2) is 0 Å². The second kappa shape index (κ2) is 7.24. The van der Waals surface area contributed by atoms with Gasteiger partial charge in [0.1, 0.15) is 0 Å². The Morgan fingerprint density at radius 3 is 2.32 bits per heavy atom. The Hall–Kier alpha value is -0.620. The Balaban J connectivity index is 2.72. The lowest BCUT2D eigenvalue weighted by Gasteiger charge is -2.18. The summed E-state index contributed by atoms with van der Waals surface area (Å²) in [6.07, 6.45) is 0.0964. The van der Waals surface area contributed by atoms with Gasteiger partial charge in [0.25, 0.3) is 0 Å². The van der Waals surface area contributed by atoms with Crippen molar-refractivity contribution in [3.63, 3.8) is 0 Å². The molecule has 0 atom stereocenters. The molecule has 0 amide bonds. The van der Waals surface area contributed by atoms with E-state index in [9.17, 15) is 8.42 Å². The summed E-state index contributed by atoms with van der Waals surface area (Å²) in [5.41, 5.74) is 0.895. The van der Waals surface area contributed by atoms with E-state index < -0.39 is 10.0 Å². The molecule has 4 nitrogen and oxygen atoms in total. The van der Waals surface area contributed by atoms with E-state index in [1.807, 2.05) is 13.8 Å². The van der Waals surface area contributed by atoms with E-state index in [4.69, 9.17) is 16.3 Å². The highest BCUT2D eigenvalue weighted by atomic mass is 35.5. The van der Waals surface area contributed by atoms with Gasteiger partial charge >= 0.3 is 0 Å². The highest BCUT2D eigenvalue weighted by Gasteiger charge is 2.20. The fourth-order valence-corrected chi connectivity index (χ4v) is 2.80. The van der Waals surface area contributed by atoms with Crippen molar-refractivity contribution < 1.29 is 13.2 Å². The molecule has 0 radical (unpaired) electrons. The summed E-state index contributed by atoms with van der Waals surface area (Å²) in [5.74, 6) is 0.373. The number of benzene rings is 1. The third-order valence-electron chi connectivity index (χ3n) is 2.64. The molecule has 0 heterocycles. The maximum Gasteiger partial charge on any atom is 0.242 e. The molecule has 0 bridgehead atoms. The van der Waals surface area contributed by atoms with Gasteiger partial charge in [-0.15, -0.1) is 11.6 Å². The third-order valence-corrected chi connectivity index (χ3v) is 4.82. The topological polar surface area (TPSA) is 46.6 Å². The van der Waals surface area contributed by atoms with Crippen LogP contribution in [0.2, 0.25) is 0 Å². The molecule has 0 N–H and O–H groups in total. The molecule has 1 aromatic carbocycles. The summed E-state index contributed by atoms with van der Waals surface area (Å²) in [7, 11) is -1.90. The zero-order chi connectivity index (χ0) is 14.5. The number of sulfonamides is 1. The van der Waals surface area contributed by atoms with Crippen LogP contribution >= 0.6 is 11.6 Å². The normalized spacial score (nSPS) is 12.3. The monoisotopic (exact) mass is 305 g/mol. The van der Waals surface area contributed by atoms with E-state index in [2.05, 4.69) is 0 Å². The number of hydrogen-bond donors (Lipinski definition) is 0. The first-order valence-corrected chi connectivity index (χ1v) is 8.08. The van der Waals surface area contributed by atoms with Gasteiger partial charge in [0, 0.05) is 19.5 Å². The quantitative estimate of drug-likeness (QED) is 0.727. The molecule has 0 saturated heterocycles. The third kappa shape index (κ3) is 4.76. The number of halogens is 1. The van der Waals surface area contributed by atoms with Crippen LogP contribution in [0.5, 0.6) is 0 Å². The van der Waals surface area contributed by atoms with Gasteiger partial charge in [-0.2, -0.15) is 4.31 Å². The van der Waals surface area contributed by atoms with Crippen molar-refractivity contribution in [3.05, 3.63) is 29.8 Å². The molecular weight excluding hydrogens is 286 g/mol. The van der Waals surface area contributed by atoms with Crippen LogP contribution in [-0.2, 0) is 20.6 Å². The van der Waals surface area contributed by atoms with E-state index in [1.54, 1.807) is 31.3 Å². The lowest BCUT2D eigenvalue weighted by molar-refractivity contribution is 0.0737. The Morgan fingerprint density at radius 2 is 1.84 bits per heavy atom. The van der Waals surface area contributed by atoms with Crippen LogP contribution in [0.1, 0.15) is 19.4 Å². The number of nitrogens with zero attached hydrogens (tertiary/aromatic N) is 1. The molecule has 0 aliphatic carbocycles. The Labute approximate surface area is 120 Å². The largest absolute Gasteiger partial charge is 0.377 e. The molecule has 1 aromatic rings. The van der Waals surface area contributed by atoms with E-state index in [0.717, 1.165) is 5.56 Å². The van der Waals surface area contributed by atoms with Crippen LogP contribution in [0.4, 0.5) is 0 Å². The summed E-state index contributed by atoms with van der Waals surface area (Å²) in [6, 6.07) is 6.59. The zero-order valence-electron chi connectivity index (χ0n) is 11.5. The van der Waals surface area contributed by atoms with Gasteiger partial charge in [0.2, 0.25) is 10.0 Å². The van der Waals surface area contributed by atoms with Gasteiger partial charge < -0.3 is 4.74 Å². The van der Waals surface area contributed by atoms with Crippen LogP contribution in [0.25, 0.3) is 0 Å². The van der Waals surface area contributed by atoms with Crippen molar-refractivity contribution in [2.75, 3.05) is 20.2 Å². The molecule has 0 unspecified atom stereocenters. The van der Waals surface area contributed by atoms with Crippen molar-refractivity contribution in [2.24, 2.45) is 0 Å². The molecule has 0 spiro atoms. The maximum atomic E-state index is 12.2. The van der Waals surface area contributed by atoms with Crippen LogP contribution < -0.4 is 0 Å². The van der Waals surface area contributed by atoms with Crippen molar-refractivity contribution in [1.29, 1.82) is 0 Å². The SMILES string of the molecule is CC(C)OCCN(C)S(=O)(=O)c1ccc(CCl)cc1. The fourth-order valence-electron chi connectivity index (χ4n) is 1.47. The average molecular weight is 306 g/mol. The first-order chi connectivity index (χ1) is 8.87. The molecular formula is C13H20ClNO3S. The molecule has 1 rings (SSSR count). The second-order valence-corrected chi connectivity index (χ2v) is 6.84. The van der Waals surface area contributed by atoms with Crippen molar-refractivity contribution in [2.45, 2.75) is 30.7 Å². The van der Waals surface area contributed by atoms with E-state index >= 15 is 0 Å². The van der Waals surface area contributed by atoms with Gasteiger partial charge in [-0.1, -0.05) is 12.1 Å². The predicted octanol–water partition coefficient (Wildman–Crippen LogP) is 2.47. The standard InChI is InChI=1S/C13H20ClNO3S/c1-11(2)18-9-8-15(3)19(16,17)13-6-4-12(10-14)5-7-13/h4-7,11H,8-10H2,1-3H3. The molecule has 0 aromatic heterocycles. The number of rotatable bonds is 7. The highest BCUT2D eigenvalue weighted by molar-refractivity contribution is 7.89. The van der Waals surface area contributed by atoms with Gasteiger partial charge in [0.05, 0.1) is 17.6 Å². The summed E-state index contributed by atoms with van der Waals surface area (Å²) in [6.45, 7) is 4.55. The van der Waals surface area contributed by atoms with Crippen LogP contribution in [0.3, 0.4) is 0 Å². The van der Waals surface area contributed by atoms with Crippen LogP contribution in [0.15, 0.2) is 29.2 Å². The van der Waals surface area contributed by atoms with Gasteiger partial charge in [-0.05, 0) is 31.5 Å². The lowest BCUT2D eigenvalue weighted by Crippen LogP contribution is -2.30. The number of likely N-dealkylation sites (N-methyl/N-ethyl adjacent to an activating group) is 1. The molecule has 0 fully saturated rings. The fraction of sp³-hybridized carbons (Fsp3) is 0.538. The highest BCUT2D eigenvalue weighted by Crippen LogP contribution is 2.15. The summed E-state index contributed by atoms with van der Waals surface area (Å²) < 4.78 is 31.1. The van der Waals surface area contributed by atoms with Gasteiger partial charge in [-0.3, -0.25) is 0 Å². The summed E-state index contributed by atoms with van der Waals surface area (Å²) in [4.78, 5) is 0.272. The summed E-state index contributed by atoms with van der Waals surface area (Å²) in [5, 5.41) is 0.